The van der Waals surface area contributed by atoms with Gasteiger partial charge >= 0.3 is 0 Å². The highest BCUT2D eigenvalue weighted by Gasteiger charge is 2.19. The second kappa shape index (κ2) is 7.89. The molecule has 1 saturated heterocycles. The zero-order chi connectivity index (χ0) is 16.9. The molecule has 0 aliphatic carbocycles. The first-order valence-corrected chi connectivity index (χ1v) is 9.23. The summed E-state index contributed by atoms with van der Waals surface area (Å²) in [4.78, 5) is 14.1. The molecule has 0 unspecified atom stereocenters. The zero-order valence-corrected chi connectivity index (χ0v) is 14.5. The number of rotatable bonds is 5. The van der Waals surface area contributed by atoms with E-state index in [1.165, 1.54) is 12.0 Å². The van der Waals surface area contributed by atoms with Crippen molar-refractivity contribution < 1.29 is 4.74 Å². The first-order valence-electron chi connectivity index (χ1n) is 9.23. The van der Waals surface area contributed by atoms with Crippen LogP contribution in [-0.4, -0.2) is 47.8 Å². The summed E-state index contributed by atoms with van der Waals surface area (Å²) in [6, 6.07) is 5.86. The minimum atomic E-state index is 0.671. The fraction of sp³-hybridized carbons (Fsp3) is 0.526. The van der Waals surface area contributed by atoms with Crippen molar-refractivity contribution in [2.45, 2.75) is 25.7 Å². The topological polar surface area (TPSA) is 72.0 Å². The van der Waals surface area contributed by atoms with Crippen molar-refractivity contribution >= 4 is 5.82 Å². The monoisotopic (exact) mass is 339 g/mol. The molecule has 4 heterocycles. The number of fused-ring (bicyclic) bond motifs is 1. The maximum absolute atomic E-state index is 5.47. The van der Waals surface area contributed by atoms with Crippen molar-refractivity contribution in [3.05, 3.63) is 35.7 Å². The van der Waals surface area contributed by atoms with E-state index < -0.39 is 0 Å². The van der Waals surface area contributed by atoms with E-state index in [1.807, 2.05) is 18.2 Å². The summed E-state index contributed by atoms with van der Waals surface area (Å²) in [6.45, 7) is 4.66. The van der Waals surface area contributed by atoms with E-state index >= 15 is 0 Å². The SMILES string of the molecule is c1ccc(-c2nc3c(c(NCC[C@@H]4CCOC4)n2)CCNCC3)nc1. The van der Waals surface area contributed by atoms with Crippen LogP contribution < -0.4 is 10.6 Å². The molecule has 0 radical (unpaired) electrons. The molecule has 2 aromatic rings. The predicted octanol–water partition coefficient (Wildman–Crippen LogP) is 2.07. The van der Waals surface area contributed by atoms with Crippen LogP contribution in [0, 0.1) is 5.92 Å². The third kappa shape index (κ3) is 3.96. The molecule has 0 aromatic carbocycles. The molecule has 2 aromatic heterocycles. The molecule has 1 atom stereocenters. The molecule has 6 nitrogen and oxygen atoms in total. The van der Waals surface area contributed by atoms with Crippen LogP contribution in [0.2, 0.25) is 0 Å². The summed E-state index contributed by atoms with van der Waals surface area (Å²) < 4.78 is 5.47. The summed E-state index contributed by atoms with van der Waals surface area (Å²) in [7, 11) is 0. The van der Waals surface area contributed by atoms with Gasteiger partial charge in [-0.15, -0.1) is 0 Å². The van der Waals surface area contributed by atoms with Crippen LogP contribution in [0.25, 0.3) is 11.5 Å². The van der Waals surface area contributed by atoms with Gasteiger partial charge in [-0.1, -0.05) is 6.07 Å². The molecule has 4 rings (SSSR count). The first-order chi connectivity index (χ1) is 12.4. The Morgan fingerprint density at radius 3 is 3.00 bits per heavy atom. The van der Waals surface area contributed by atoms with Crippen LogP contribution in [-0.2, 0) is 17.6 Å². The first kappa shape index (κ1) is 16.4. The minimum absolute atomic E-state index is 0.671. The molecule has 0 spiro atoms. The largest absolute Gasteiger partial charge is 0.381 e. The second-order valence-electron chi connectivity index (χ2n) is 6.73. The highest BCUT2D eigenvalue weighted by molar-refractivity contribution is 5.57. The minimum Gasteiger partial charge on any atom is -0.381 e. The molecule has 2 aliphatic rings. The van der Waals surface area contributed by atoms with Crippen molar-refractivity contribution in [1.29, 1.82) is 0 Å². The lowest BCUT2D eigenvalue weighted by atomic mass is 10.1. The Bertz CT molecular complexity index is 700. The zero-order valence-electron chi connectivity index (χ0n) is 14.5. The van der Waals surface area contributed by atoms with Gasteiger partial charge in [0.15, 0.2) is 5.82 Å². The standard InChI is InChI=1S/C19H25N5O/c1-2-8-21-17(3-1)19-23-16-6-10-20-9-5-15(16)18(24-19)22-11-4-14-7-12-25-13-14/h1-3,8,14,20H,4-7,9-13H2,(H,22,23,24)/t14-/m1/s1. The highest BCUT2D eigenvalue weighted by atomic mass is 16.5. The lowest BCUT2D eigenvalue weighted by Gasteiger charge is -2.15. The van der Waals surface area contributed by atoms with Crippen molar-refractivity contribution in [2.75, 3.05) is 38.2 Å². The highest BCUT2D eigenvalue weighted by Crippen LogP contribution is 2.24. The molecule has 1 fully saturated rings. The number of nitrogens with one attached hydrogen (secondary N) is 2. The summed E-state index contributed by atoms with van der Waals surface area (Å²) in [6.07, 6.45) is 5.98. The van der Waals surface area contributed by atoms with E-state index in [0.29, 0.717) is 11.7 Å². The Hall–Kier alpha value is -2.05. The third-order valence-electron chi connectivity index (χ3n) is 4.95. The number of ether oxygens (including phenoxy) is 1. The van der Waals surface area contributed by atoms with Gasteiger partial charge < -0.3 is 15.4 Å². The van der Waals surface area contributed by atoms with Crippen LogP contribution in [0.5, 0.6) is 0 Å². The summed E-state index contributed by atoms with van der Waals surface area (Å²) in [5.41, 5.74) is 3.23. The Labute approximate surface area is 148 Å². The van der Waals surface area contributed by atoms with Gasteiger partial charge in [-0.2, -0.15) is 0 Å². The van der Waals surface area contributed by atoms with Crippen molar-refractivity contribution in [1.82, 2.24) is 20.3 Å². The van der Waals surface area contributed by atoms with Crippen molar-refractivity contribution in [3.8, 4) is 11.5 Å². The van der Waals surface area contributed by atoms with Crippen molar-refractivity contribution in [2.24, 2.45) is 5.92 Å². The van der Waals surface area contributed by atoms with Crippen molar-refractivity contribution in [3.63, 3.8) is 0 Å². The molecular formula is C19H25N5O. The van der Waals surface area contributed by atoms with Crippen LogP contribution in [0.1, 0.15) is 24.1 Å². The Kier molecular flexibility index (Phi) is 5.18. The Morgan fingerprint density at radius 2 is 2.16 bits per heavy atom. The van der Waals surface area contributed by atoms with E-state index in [0.717, 1.165) is 69.3 Å². The van der Waals surface area contributed by atoms with Gasteiger partial charge in [0.1, 0.15) is 11.5 Å². The quantitative estimate of drug-likeness (QED) is 0.869. The number of anilines is 1. The predicted molar refractivity (Wildman–Crippen MR) is 97.6 cm³/mol. The molecule has 0 saturated carbocycles. The molecule has 2 aliphatic heterocycles. The molecular weight excluding hydrogens is 314 g/mol. The molecule has 0 amide bonds. The fourth-order valence-electron chi connectivity index (χ4n) is 3.51. The van der Waals surface area contributed by atoms with Gasteiger partial charge in [0, 0.05) is 44.5 Å². The number of nitrogens with zero attached hydrogens (tertiary/aromatic N) is 3. The number of pyridine rings is 1. The number of hydrogen-bond acceptors (Lipinski definition) is 6. The maximum atomic E-state index is 5.47. The van der Waals surface area contributed by atoms with Gasteiger partial charge in [-0.25, -0.2) is 9.97 Å². The van der Waals surface area contributed by atoms with Crippen LogP contribution in [0.4, 0.5) is 5.82 Å². The number of aromatic nitrogens is 3. The normalized spacial score (nSPS) is 20.1. The molecule has 0 bridgehead atoms. The summed E-state index contributed by atoms with van der Waals surface area (Å²) in [5.74, 6) is 2.37. The average molecular weight is 339 g/mol. The van der Waals surface area contributed by atoms with Crippen LogP contribution >= 0.6 is 0 Å². The van der Waals surface area contributed by atoms with Gasteiger partial charge in [0.2, 0.25) is 0 Å². The smallest absolute Gasteiger partial charge is 0.180 e. The van der Waals surface area contributed by atoms with E-state index in [9.17, 15) is 0 Å². The van der Waals surface area contributed by atoms with E-state index in [2.05, 4.69) is 15.6 Å². The lowest BCUT2D eigenvalue weighted by Crippen LogP contribution is -2.16. The molecule has 132 valence electrons. The molecule has 6 heteroatoms. The second-order valence-corrected chi connectivity index (χ2v) is 6.73. The van der Waals surface area contributed by atoms with E-state index in [4.69, 9.17) is 14.7 Å². The Morgan fingerprint density at radius 1 is 1.20 bits per heavy atom. The molecule has 2 N–H and O–H groups in total. The average Bonchev–Trinajstić information content (AvgIpc) is 3.05. The number of hydrogen-bond donors (Lipinski definition) is 2. The van der Waals surface area contributed by atoms with Gasteiger partial charge in [-0.05, 0) is 43.9 Å². The maximum Gasteiger partial charge on any atom is 0.180 e. The van der Waals surface area contributed by atoms with Crippen LogP contribution in [0.15, 0.2) is 24.4 Å². The van der Waals surface area contributed by atoms with Gasteiger partial charge in [0.05, 0.1) is 5.69 Å². The fourth-order valence-corrected chi connectivity index (χ4v) is 3.51. The van der Waals surface area contributed by atoms with E-state index in [1.54, 1.807) is 6.20 Å². The van der Waals surface area contributed by atoms with Crippen LogP contribution in [0.3, 0.4) is 0 Å². The van der Waals surface area contributed by atoms with Gasteiger partial charge in [-0.3, -0.25) is 4.98 Å². The Balaban J connectivity index is 1.58. The summed E-state index contributed by atoms with van der Waals surface area (Å²) in [5, 5.41) is 7.03. The molecule has 25 heavy (non-hydrogen) atoms. The lowest BCUT2D eigenvalue weighted by molar-refractivity contribution is 0.185. The summed E-state index contributed by atoms with van der Waals surface area (Å²) >= 11 is 0. The third-order valence-corrected chi connectivity index (χ3v) is 4.95. The van der Waals surface area contributed by atoms with Gasteiger partial charge in [0.25, 0.3) is 0 Å². The van der Waals surface area contributed by atoms with E-state index in [-0.39, 0.29) is 0 Å².